The van der Waals surface area contributed by atoms with E-state index in [0.717, 1.165) is 32.2 Å². The molecular formula is C14H29NO. The SMILES string of the molecule is CCCCOCCNCC1C(C)(C)C1(C)C. The smallest absolute Gasteiger partial charge is 0.0590 e. The van der Waals surface area contributed by atoms with E-state index in [2.05, 4.69) is 39.9 Å². The zero-order chi connectivity index (χ0) is 12.2. The van der Waals surface area contributed by atoms with Crippen LogP contribution in [0.3, 0.4) is 0 Å². The topological polar surface area (TPSA) is 21.3 Å². The van der Waals surface area contributed by atoms with Crippen LogP contribution in [-0.2, 0) is 4.74 Å². The van der Waals surface area contributed by atoms with Gasteiger partial charge in [0.05, 0.1) is 6.61 Å². The number of unbranched alkanes of at least 4 members (excludes halogenated alkanes) is 1. The minimum atomic E-state index is 0.503. The van der Waals surface area contributed by atoms with Crippen molar-refractivity contribution in [2.24, 2.45) is 16.7 Å². The normalized spacial score (nSPS) is 22.3. The summed E-state index contributed by atoms with van der Waals surface area (Å²) in [5.41, 5.74) is 1.01. The molecule has 0 aromatic carbocycles. The Bertz CT molecular complexity index is 197. The average Bonchev–Trinajstić information content (AvgIpc) is 2.58. The van der Waals surface area contributed by atoms with E-state index in [9.17, 15) is 0 Å². The molecule has 0 amide bonds. The lowest BCUT2D eigenvalue weighted by molar-refractivity contribution is 0.132. The Morgan fingerprint density at radius 1 is 1.06 bits per heavy atom. The molecule has 1 rings (SSSR count). The molecule has 0 radical (unpaired) electrons. The second-order valence-electron chi connectivity index (χ2n) is 6.17. The van der Waals surface area contributed by atoms with Gasteiger partial charge in [-0.2, -0.15) is 0 Å². The van der Waals surface area contributed by atoms with Gasteiger partial charge < -0.3 is 10.1 Å². The molecule has 2 nitrogen and oxygen atoms in total. The Hall–Kier alpha value is -0.0800. The van der Waals surface area contributed by atoms with Crippen LogP contribution in [0.2, 0.25) is 0 Å². The molecule has 0 saturated heterocycles. The van der Waals surface area contributed by atoms with Crippen LogP contribution < -0.4 is 5.32 Å². The Morgan fingerprint density at radius 2 is 1.69 bits per heavy atom. The van der Waals surface area contributed by atoms with Gasteiger partial charge in [0, 0.05) is 13.2 Å². The zero-order valence-corrected chi connectivity index (χ0v) is 11.7. The van der Waals surface area contributed by atoms with Gasteiger partial charge in [-0.3, -0.25) is 0 Å². The van der Waals surface area contributed by atoms with E-state index in [1.54, 1.807) is 0 Å². The molecule has 1 saturated carbocycles. The molecule has 1 aliphatic rings. The maximum Gasteiger partial charge on any atom is 0.0590 e. The summed E-state index contributed by atoms with van der Waals surface area (Å²) in [7, 11) is 0. The molecule has 0 bridgehead atoms. The van der Waals surface area contributed by atoms with Crippen LogP contribution >= 0.6 is 0 Å². The van der Waals surface area contributed by atoms with Gasteiger partial charge in [0.15, 0.2) is 0 Å². The Kier molecular flexibility index (Phi) is 4.81. The monoisotopic (exact) mass is 227 g/mol. The highest BCUT2D eigenvalue weighted by molar-refractivity contribution is 5.12. The van der Waals surface area contributed by atoms with Gasteiger partial charge in [-0.05, 0) is 29.7 Å². The van der Waals surface area contributed by atoms with E-state index in [4.69, 9.17) is 4.74 Å². The summed E-state index contributed by atoms with van der Waals surface area (Å²) in [5.74, 6) is 0.815. The number of hydrogen-bond donors (Lipinski definition) is 1. The lowest BCUT2D eigenvalue weighted by atomic mass is 10.0. The molecule has 2 heteroatoms. The highest BCUT2D eigenvalue weighted by Gasteiger charge is 2.63. The molecule has 1 aliphatic carbocycles. The van der Waals surface area contributed by atoms with Crippen molar-refractivity contribution in [2.75, 3.05) is 26.3 Å². The van der Waals surface area contributed by atoms with Crippen LogP contribution in [0.5, 0.6) is 0 Å². The number of nitrogens with one attached hydrogen (secondary N) is 1. The van der Waals surface area contributed by atoms with Gasteiger partial charge in [-0.25, -0.2) is 0 Å². The van der Waals surface area contributed by atoms with E-state index in [1.807, 2.05) is 0 Å². The van der Waals surface area contributed by atoms with Gasteiger partial charge >= 0.3 is 0 Å². The minimum absolute atomic E-state index is 0.503. The first-order valence-corrected chi connectivity index (χ1v) is 6.73. The third kappa shape index (κ3) is 2.98. The Morgan fingerprint density at radius 3 is 2.19 bits per heavy atom. The van der Waals surface area contributed by atoms with Crippen molar-refractivity contribution in [3.8, 4) is 0 Å². The molecule has 1 fully saturated rings. The van der Waals surface area contributed by atoms with Gasteiger partial charge in [-0.1, -0.05) is 41.0 Å². The van der Waals surface area contributed by atoms with Crippen molar-refractivity contribution in [1.82, 2.24) is 5.32 Å². The van der Waals surface area contributed by atoms with Crippen LogP contribution in [0.15, 0.2) is 0 Å². The standard InChI is InChI=1S/C14H29NO/c1-6-7-9-16-10-8-15-11-12-13(2,3)14(12,4)5/h12,15H,6-11H2,1-5H3. The number of rotatable bonds is 8. The second kappa shape index (κ2) is 5.50. The van der Waals surface area contributed by atoms with Crippen molar-refractivity contribution < 1.29 is 4.74 Å². The number of hydrogen-bond acceptors (Lipinski definition) is 2. The molecular weight excluding hydrogens is 198 g/mol. The largest absolute Gasteiger partial charge is 0.380 e. The summed E-state index contributed by atoms with van der Waals surface area (Å²) in [4.78, 5) is 0. The summed E-state index contributed by atoms with van der Waals surface area (Å²) >= 11 is 0. The fourth-order valence-corrected chi connectivity index (χ4v) is 2.58. The van der Waals surface area contributed by atoms with Gasteiger partial charge in [0.2, 0.25) is 0 Å². The van der Waals surface area contributed by atoms with Crippen LogP contribution in [0.25, 0.3) is 0 Å². The lowest BCUT2D eigenvalue weighted by Crippen LogP contribution is -2.24. The highest BCUT2D eigenvalue weighted by atomic mass is 16.5. The maximum atomic E-state index is 5.52. The first-order valence-electron chi connectivity index (χ1n) is 6.73. The van der Waals surface area contributed by atoms with Crippen molar-refractivity contribution in [2.45, 2.75) is 47.5 Å². The Balaban J connectivity index is 1.97. The molecule has 0 spiro atoms. The summed E-state index contributed by atoms with van der Waals surface area (Å²) < 4.78 is 5.52. The van der Waals surface area contributed by atoms with E-state index < -0.39 is 0 Å². The summed E-state index contributed by atoms with van der Waals surface area (Å²) in [6, 6.07) is 0. The Labute approximate surface area is 101 Å². The third-order valence-electron chi connectivity index (χ3n) is 4.73. The van der Waals surface area contributed by atoms with Crippen LogP contribution in [0, 0.1) is 16.7 Å². The molecule has 96 valence electrons. The van der Waals surface area contributed by atoms with Gasteiger partial charge in [0.1, 0.15) is 0 Å². The van der Waals surface area contributed by atoms with Crippen molar-refractivity contribution >= 4 is 0 Å². The molecule has 1 N–H and O–H groups in total. The molecule has 0 aromatic heterocycles. The van der Waals surface area contributed by atoms with Gasteiger partial charge in [-0.15, -0.1) is 0 Å². The summed E-state index contributed by atoms with van der Waals surface area (Å²) in [5, 5.41) is 3.51. The lowest BCUT2D eigenvalue weighted by Gasteiger charge is -2.06. The van der Waals surface area contributed by atoms with E-state index >= 15 is 0 Å². The molecule has 0 heterocycles. The fraction of sp³-hybridized carbons (Fsp3) is 1.00. The van der Waals surface area contributed by atoms with E-state index in [-0.39, 0.29) is 0 Å². The number of ether oxygens (including phenoxy) is 1. The van der Waals surface area contributed by atoms with Gasteiger partial charge in [0.25, 0.3) is 0 Å². The van der Waals surface area contributed by atoms with Crippen LogP contribution in [-0.4, -0.2) is 26.3 Å². The quantitative estimate of drug-likeness (QED) is 0.643. The first-order chi connectivity index (χ1) is 7.44. The van der Waals surface area contributed by atoms with Crippen LogP contribution in [0.4, 0.5) is 0 Å². The van der Waals surface area contributed by atoms with Crippen molar-refractivity contribution in [3.63, 3.8) is 0 Å². The molecule has 0 aromatic rings. The minimum Gasteiger partial charge on any atom is -0.380 e. The summed E-state index contributed by atoms with van der Waals surface area (Å²) in [6.45, 7) is 15.6. The second-order valence-corrected chi connectivity index (χ2v) is 6.17. The highest BCUT2D eigenvalue weighted by Crippen LogP contribution is 2.67. The zero-order valence-electron chi connectivity index (χ0n) is 11.7. The fourth-order valence-electron chi connectivity index (χ4n) is 2.58. The van der Waals surface area contributed by atoms with Crippen LogP contribution in [0.1, 0.15) is 47.5 Å². The predicted octanol–water partition coefficient (Wildman–Crippen LogP) is 3.07. The van der Waals surface area contributed by atoms with Crippen molar-refractivity contribution in [3.05, 3.63) is 0 Å². The maximum absolute atomic E-state index is 5.52. The average molecular weight is 227 g/mol. The molecule has 0 aliphatic heterocycles. The molecule has 0 unspecified atom stereocenters. The first kappa shape index (κ1) is 14.0. The molecule has 16 heavy (non-hydrogen) atoms. The summed E-state index contributed by atoms with van der Waals surface area (Å²) in [6.07, 6.45) is 2.40. The van der Waals surface area contributed by atoms with E-state index in [1.165, 1.54) is 12.8 Å². The molecule has 0 atom stereocenters. The van der Waals surface area contributed by atoms with Crippen molar-refractivity contribution in [1.29, 1.82) is 0 Å². The van der Waals surface area contributed by atoms with E-state index in [0.29, 0.717) is 10.8 Å². The predicted molar refractivity (Wildman–Crippen MR) is 69.6 cm³/mol. The third-order valence-corrected chi connectivity index (χ3v) is 4.73.